The first-order valence-electron chi connectivity index (χ1n) is 7.66. The van der Waals surface area contributed by atoms with Crippen LogP contribution in [0.5, 0.6) is 0 Å². The van der Waals surface area contributed by atoms with Crippen LogP contribution >= 0.6 is 0 Å². The topological polar surface area (TPSA) is 49.4 Å². The lowest BCUT2D eigenvalue weighted by Gasteiger charge is -2.38. The summed E-state index contributed by atoms with van der Waals surface area (Å²) >= 11 is 0. The minimum atomic E-state index is -2.88. The molecule has 1 aliphatic heterocycles. The molecule has 2 unspecified atom stereocenters. The highest BCUT2D eigenvalue weighted by molar-refractivity contribution is 7.91. The second-order valence-corrected chi connectivity index (χ2v) is 8.42. The number of rotatable bonds is 5. The van der Waals surface area contributed by atoms with Crippen molar-refractivity contribution in [1.82, 2.24) is 10.2 Å². The lowest BCUT2D eigenvalue weighted by molar-refractivity contribution is 0.135. The minimum absolute atomic E-state index is 0.113. The van der Waals surface area contributed by atoms with E-state index < -0.39 is 9.84 Å². The number of piperidine rings is 1. The van der Waals surface area contributed by atoms with Crippen molar-refractivity contribution >= 4 is 9.84 Å². The van der Waals surface area contributed by atoms with Crippen molar-refractivity contribution in [3.8, 4) is 0 Å². The standard InChI is InChI=1S/C14H28N2O2S/c1-3-15-11-12-7-9-16(10-8-12)13-5-4-6-14(13)19(2,17)18/h12-15H,3-11H2,1-2H3. The first kappa shape index (κ1) is 15.3. The van der Waals surface area contributed by atoms with E-state index in [0.29, 0.717) is 0 Å². The molecule has 0 amide bonds. The second kappa shape index (κ2) is 6.55. The van der Waals surface area contributed by atoms with Crippen LogP contribution in [0, 0.1) is 5.92 Å². The SMILES string of the molecule is CCNCC1CCN(C2CCCC2S(C)(=O)=O)CC1. The molecule has 1 N–H and O–H groups in total. The molecule has 0 aromatic rings. The Morgan fingerprint density at radius 1 is 1.16 bits per heavy atom. The van der Waals surface area contributed by atoms with Crippen molar-refractivity contribution in [2.45, 2.75) is 50.3 Å². The molecule has 1 saturated carbocycles. The van der Waals surface area contributed by atoms with E-state index in [4.69, 9.17) is 0 Å². The Balaban J connectivity index is 1.87. The number of nitrogens with one attached hydrogen (secondary N) is 1. The van der Waals surface area contributed by atoms with E-state index in [1.165, 1.54) is 19.1 Å². The van der Waals surface area contributed by atoms with Gasteiger partial charge in [0.2, 0.25) is 0 Å². The predicted octanol–water partition coefficient (Wildman–Crippen LogP) is 1.27. The summed E-state index contributed by atoms with van der Waals surface area (Å²) in [7, 11) is -2.88. The summed E-state index contributed by atoms with van der Waals surface area (Å²) in [5.74, 6) is 0.772. The van der Waals surface area contributed by atoms with E-state index in [-0.39, 0.29) is 11.3 Å². The van der Waals surface area contributed by atoms with Gasteiger partial charge in [0.25, 0.3) is 0 Å². The maximum Gasteiger partial charge on any atom is 0.151 e. The van der Waals surface area contributed by atoms with Gasteiger partial charge in [0.1, 0.15) is 0 Å². The van der Waals surface area contributed by atoms with E-state index >= 15 is 0 Å². The molecule has 0 aromatic heterocycles. The third-order valence-corrected chi connectivity index (χ3v) is 6.42. The normalized spacial score (nSPS) is 30.8. The van der Waals surface area contributed by atoms with Gasteiger partial charge >= 0.3 is 0 Å². The zero-order chi connectivity index (χ0) is 13.9. The van der Waals surface area contributed by atoms with Gasteiger partial charge in [-0.2, -0.15) is 0 Å². The molecule has 1 heterocycles. The summed E-state index contributed by atoms with van der Waals surface area (Å²) in [6.07, 6.45) is 6.82. The van der Waals surface area contributed by atoms with Crippen LogP contribution in [0.25, 0.3) is 0 Å². The van der Waals surface area contributed by atoms with Gasteiger partial charge in [-0.15, -0.1) is 0 Å². The van der Waals surface area contributed by atoms with Crippen LogP contribution in [0.3, 0.4) is 0 Å². The lowest BCUT2D eigenvalue weighted by atomic mass is 9.95. The fourth-order valence-corrected chi connectivity index (χ4v) is 5.13. The van der Waals surface area contributed by atoms with Gasteiger partial charge in [-0.1, -0.05) is 13.3 Å². The molecule has 0 radical (unpaired) electrons. The van der Waals surface area contributed by atoms with Crippen molar-refractivity contribution in [1.29, 1.82) is 0 Å². The van der Waals surface area contributed by atoms with Crippen LogP contribution in [-0.4, -0.2) is 57.0 Å². The molecule has 4 nitrogen and oxygen atoms in total. The quantitative estimate of drug-likeness (QED) is 0.828. The average molecular weight is 288 g/mol. The minimum Gasteiger partial charge on any atom is -0.317 e. The maximum absolute atomic E-state index is 11.9. The van der Waals surface area contributed by atoms with Crippen LogP contribution in [-0.2, 0) is 9.84 Å². The monoisotopic (exact) mass is 288 g/mol. The van der Waals surface area contributed by atoms with Gasteiger partial charge in [0, 0.05) is 12.3 Å². The summed E-state index contributed by atoms with van der Waals surface area (Å²) in [6, 6.07) is 0.287. The number of likely N-dealkylation sites (tertiary alicyclic amines) is 1. The average Bonchev–Trinajstić information content (AvgIpc) is 2.86. The van der Waals surface area contributed by atoms with Crippen LogP contribution in [0.2, 0.25) is 0 Å². The molecular weight excluding hydrogens is 260 g/mol. The zero-order valence-corrected chi connectivity index (χ0v) is 13.1. The number of hydrogen-bond acceptors (Lipinski definition) is 4. The lowest BCUT2D eigenvalue weighted by Crippen LogP contribution is -2.48. The predicted molar refractivity (Wildman–Crippen MR) is 79.1 cm³/mol. The van der Waals surface area contributed by atoms with E-state index in [0.717, 1.165) is 51.4 Å². The summed E-state index contributed by atoms with van der Waals surface area (Å²) in [5, 5.41) is 3.31. The third kappa shape index (κ3) is 3.92. The summed E-state index contributed by atoms with van der Waals surface area (Å²) < 4.78 is 23.7. The summed E-state index contributed by atoms with van der Waals surface area (Å²) in [6.45, 7) is 6.45. The van der Waals surface area contributed by atoms with Crippen molar-refractivity contribution in [3.63, 3.8) is 0 Å². The Labute approximate surface area is 117 Å². The number of hydrogen-bond donors (Lipinski definition) is 1. The maximum atomic E-state index is 11.9. The molecule has 1 saturated heterocycles. The molecule has 2 atom stereocenters. The van der Waals surface area contributed by atoms with E-state index in [1.54, 1.807) is 0 Å². The highest BCUT2D eigenvalue weighted by Gasteiger charge is 2.39. The van der Waals surface area contributed by atoms with Crippen LogP contribution in [0.15, 0.2) is 0 Å². The molecule has 2 fully saturated rings. The van der Waals surface area contributed by atoms with E-state index in [9.17, 15) is 8.42 Å². The molecule has 2 rings (SSSR count). The fourth-order valence-electron chi connectivity index (χ4n) is 3.66. The molecule has 0 spiro atoms. The molecule has 112 valence electrons. The van der Waals surface area contributed by atoms with Gasteiger partial charge in [-0.3, -0.25) is 4.90 Å². The van der Waals surface area contributed by atoms with Crippen LogP contribution in [0.1, 0.15) is 39.0 Å². The number of sulfone groups is 1. The largest absolute Gasteiger partial charge is 0.317 e. The fraction of sp³-hybridized carbons (Fsp3) is 1.00. The van der Waals surface area contributed by atoms with Crippen molar-refractivity contribution in [3.05, 3.63) is 0 Å². The third-order valence-electron chi connectivity index (χ3n) is 4.77. The summed E-state index contributed by atoms with van der Waals surface area (Å²) in [4.78, 5) is 2.45. The molecule has 19 heavy (non-hydrogen) atoms. The Morgan fingerprint density at radius 3 is 2.42 bits per heavy atom. The first-order chi connectivity index (χ1) is 9.02. The molecule has 5 heteroatoms. The van der Waals surface area contributed by atoms with Crippen LogP contribution < -0.4 is 5.32 Å². The van der Waals surface area contributed by atoms with Gasteiger partial charge in [-0.25, -0.2) is 8.42 Å². The Bertz CT molecular complexity index is 375. The molecule has 2 aliphatic rings. The Hall–Kier alpha value is -0.130. The Kier molecular flexibility index (Phi) is 5.26. The molecule has 1 aliphatic carbocycles. The Morgan fingerprint density at radius 2 is 1.84 bits per heavy atom. The molecule has 0 aromatic carbocycles. The first-order valence-corrected chi connectivity index (χ1v) is 9.61. The highest BCUT2D eigenvalue weighted by atomic mass is 32.2. The van der Waals surface area contributed by atoms with Crippen LogP contribution in [0.4, 0.5) is 0 Å². The van der Waals surface area contributed by atoms with Crippen molar-refractivity contribution in [2.24, 2.45) is 5.92 Å². The van der Waals surface area contributed by atoms with Gasteiger partial charge in [-0.05, 0) is 57.8 Å². The molecular formula is C14H28N2O2S. The molecule has 0 bridgehead atoms. The second-order valence-electron chi connectivity index (χ2n) is 6.15. The van der Waals surface area contributed by atoms with Gasteiger partial charge in [0.05, 0.1) is 5.25 Å². The smallest absolute Gasteiger partial charge is 0.151 e. The van der Waals surface area contributed by atoms with Crippen molar-refractivity contribution in [2.75, 3.05) is 32.4 Å². The van der Waals surface area contributed by atoms with E-state index in [2.05, 4.69) is 17.1 Å². The highest BCUT2D eigenvalue weighted by Crippen LogP contribution is 2.31. The van der Waals surface area contributed by atoms with Gasteiger partial charge < -0.3 is 5.32 Å². The van der Waals surface area contributed by atoms with E-state index in [1.807, 2.05) is 0 Å². The summed E-state index contributed by atoms with van der Waals surface area (Å²) in [5.41, 5.74) is 0. The zero-order valence-electron chi connectivity index (χ0n) is 12.3. The van der Waals surface area contributed by atoms with Crippen molar-refractivity contribution < 1.29 is 8.42 Å². The van der Waals surface area contributed by atoms with Gasteiger partial charge in [0.15, 0.2) is 9.84 Å². The number of nitrogens with zero attached hydrogens (tertiary/aromatic N) is 1.